The van der Waals surface area contributed by atoms with E-state index in [1.165, 1.54) is 84.8 Å². The van der Waals surface area contributed by atoms with E-state index in [-0.39, 0.29) is 16.7 Å². The molecule has 288 valence electrons. The lowest BCUT2D eigenvalue weighted by Gasteiger charge is -2.11. The number of benzene rings is 3. The van der Waals surface area contributed by atoms with Gasteiger partial charge in [0.25, 0.3) is 0 Å². The summed E-state index contributed by atoms with van der Waals surface area (Å²) >= 11 is 0. The number of aryl methyl sites for hydroxylation is 13. The van der Waals surface area contributed by atoms with E-state index < -0.39 is 26.0 Å². The molecular weight excluding hydrogens is 667 g/mol. The summed E-state index contributed by atoms with van der Waals surface area (Å²) in [5.74, 6) is -0.423. The summed E-state index contributed by atoms with van der Waals surface area (Å²) in [6.07, 6.45) is 4.00. The normalized spacial score (nSPS) is 13.7. The Balaban J connectivity index is 0.000000217. The fraction of sp³-hybridized carbons (Fsp3) is 0.365. The second-order valence-electron chi connectivity index (χ2n) is 15.8. The lowest BCUT2D eigenvalue weighted by Crippen LogP contribution is -2.32. The molecule has 3 aromatic carbocycles. The van der Waals surface area contributed by atoms with Gasteiger partial charge in [0.05, 0.1) is 0 Å². The second kappa shape index (κ2) is 18.2. The van der Waals surface area contributed by atoms with Gasteiger partial charge in [0, 0.05) is 62.5 Å². The molecule has 3 nitrogen and oxygen atoms in total. The molecule has 0 aliphatic heterocycles. The Morgan fingerprint density at radius 3 is 1.49 bits per heavy atom. The first kappa shape index (κ1) is 32.4. The maximum absolute atomic E-state index is 8.48. The van der Waals surface area contributed by atoms with Gasteiger partial charge in [-0.3, -0.25) is 0 Å². The summed E-state index contributed by atoms with van der Waals surface area (Å²) < 4.78 is 69.2. The molecule has 6 aromatic rings. The third-order valence-electron chi connectivity index (χ3n) is 10.4. The quantitative estimate of drug-likeness (QED) is 0.156. The van der Waals surface area contributed by atoms with E-state index >= 15 is 0 Å². The van der Waals surface area contributed by atoms with Crippen LogP contribution in [0.15, 0.2) is 85.3 Å². The molecule has 0 saturated heterocycles. The molecule has 0 N–H and O–H groups in total. The molecule has 3 aromatic heterocycles. The van der Waals surface area contributed by atoms with Crippen molar-refractivity contribution in [3.05, 3.63) is 158 Å². The van der Waals surface area contributed by atoms with Crippen LogP contribution in [-0.2, 0) is 27.5 Å². The molecule has 0 unspecified atom stereocenters. The van der Waals surface area contributed by atoms with E-state index in [0.717, 1.165) is 11.1 Å². The van der Waals surface area contributed by atoms with Gasteiger partial charge in [0.2, 0.25) is 17.1 Å². The molecule has 0 aliphatic rings. The van der Waals surface area contributed by atoms with Crippen LogP contribution in [0, 0.1) is 88.9 Å². The zero-order chi connectivity index (χ0) is 47.7. The minimum Gasteiger partial charge on any atom is -0.201 e. The first-order chi connectivity index (χ1) is 28.9. The van der Waals surface area contributed by atoms with Gasteiger partial charge in [-0.05, 0) is 158 Å². The maximum atomic E-state index is 8.48. The van der Waals surface area contributed by atoms with Gasteiger partial charge in [-0.25, -0.2) is 13.7 Å². The topological polar surface area (TPSA) is 11.6 Å². The van der Waals surface area contributed by atoms with Crippen LogP contribution < -0.4 is 13.7 Å². The molecule has 0 aliphatic carbocycles. The van der Waals surface area contributed by atoms with Crippen molar-refractivity contribution in [2.45, 2.75) is 103 Å². The fourth-order valence-corrected chi connectivity index (χ4v) is 7.09. The first-order valence-electron chi connectivity index (χ1n) is 23.2. The van der Waals surface area contributed by atoms with Gasteiger partial charge in [-0.1, -0.05) is 54.8 Å². The van der Waals surface area contributed by atoms with Crippen LogP contribution >= 0.6 is 0 Å². The van der Waals surface area contributed by atoms with E-state index in [0.29, 0.717) is 5.69 Å². The molecule has 55 heavy (non-hydrogen) atoms. The van der Waals surface area contributed by atoms with Crippen molar-refractivity contribution < 1.29 is 24.7 Å². The van der Waals surface area contributed by atoms with Crippen LogP contribution in [0.25, 0.3) is 33.8 Å². The Bertz CT molecular complexity index is 2640. The molecule has 0 radical (unpaired) electrons. The van der Waals surface area contributed by atoms with Gasteiger partial charge < -0.3 is 0 Å². The highest BCUT2D eigenvalue weighted by Crippen LogP contribution is 2.27. The predicted octanol–water partition coefficient (Wildman–Crippen LogP) is 11.4. The summed E-state index contributed by atoms with van der Waals surface area (Å²) in [6.45, 7) is 20.1. The van der Waals surface area contributed by atoms with E-state index in [4.69, 9.17) is 11.0 Å². The molecule has 6 rings (SSSR count). The van der Waals surface area contributed by atoms with Crippen molar-refractivity contribution in [2.75, 3.05) is 0 Å². The summed E-state index contributed by atoms with van der Waals surface area (Å²) in [4.78, 5) is 0. The highest BCUT2D eigenvalue weighted by atomic mass is 14.9. The molecule has 3 heteroatoms. The van der Waals surface area contributed by atoms with Crippen LogP contribution in [0.5, 0.6) is 0 Å². The zero-order valence-corrected chi connectivity index (χ0v) is 36.0. The molecular formula is C52H68N3+3. The first-order valence-corrected chi connectivity index (χ1v) is 19.2. The zero-order valence-electron chi connectivity index (χ0n) is 44.0. The molecule has 3 heterocycles. The van der Waals surface area contributed by atoms with Crippen molar-refractivity contribution in [3.8, 4) is 33.8 Å². The number of nitrogens with zero attached hydrogens (tertiary/aromatic N) is 3. The van der Waals surface area contributed by atoms with E-state index in [1.54, 1.807) is 50.6 Å². The largest absolute Gasteiger partial charge is 0.212 e. The Morgan fingerprint density at radius 2 is 0.964 bits per heavy atom. The lowest BCUT2D eigenvalue weighted by molar-refractivity contribution is -0.660. The van der Waals surface area contributed by atoms with Crippen LogP contribution in [-0.4, -0.2) is 0 Å². The SMILES string of the molecule is Cc1cc(C)c(C)c(-c2cc(C)c(C)c[n+]2C)c1.Cc1cc(C)c(C)c(-c2ccc(C)c[n+]2C)c1.[2H]C([2H])([2H])c1ccc(-c2cc(C([2H])([2H])C(C)C)c(C([2H])([2H])[2H])c[n+]2C)c(C)c1. The fourth-order valence-electron chi connectivity index (χ4n) is 7.09. The Hall–Kier alpha value is -4.89. The van der Waals surface area contributed by atoms with Crippen LogP contribution in [0.2, 0.25) is 0 Å². The summed E-state index contributed by atoms with van der Waals surface area (Å²) in [5.41, 5.74) is 19.8. The molecule has 0 saturated carbocycles. The Kier molecular flexibility index (Phi) is 10.7. The minimum absolute atomic E-state index is 0.0192. The monoisotopic (exact) mass is 743 g/mol. The number of aromatic nitrogens is 3. The molecule has 0 bridgehead atoms. The highest BCUT2D eigenvalue weighted by Gasteiger charge is 2.18. The van der Waals surface area contributed by atoms with Crippen molar-refractivity contribution in [1.82, 2.24) is 0 Å². The summed E-state index contributed by atoms with van der Waals surface area (Å²) in [7, 11) is 5.94. The van der Waals surface area contributed by atoms with Crippen molar-refractivity contribution in [3.63, 3.8) is 0 Å². The van der Waals surface area contributed by atoms with Crippen molar-refractivity contribution >= 4 is 0 Å². The third kappa shape index (κ3) is 10.7. The molecule has 0 spiro atoms. The molecule has 0 amide bonds. The average molecular weight is 743 g/mol. The Morgan fingerprint density at radius 1 is 0.455 bits per heavy atom. The number of hydrogen-bond acceptors (Lipinski definition) is 0. The van der Waals surface area contributed by atoms with E-state index in [2.05, 4.69) is 140 Å². The summed E-state index contributed by atoms with van der Waals surface area (Å²) in [5, 5.41) is 0. The van der Waals surface area contributed by atoms with Gasteiger partial charge in [0.1, 0.15) is 21.1 Å². The van der Waals surface area contributed by atoms with Gasteiger partial charge in [-0.2, -0.15) is 0 Å². The van der Waals surface area contributed by atoms with Crippen molar-refractivity contribution in [1.29, 1.82) is 0 Å². The summed E-state index contributed by atoms with van der Waals surface area (Å²) in [6, 6.07) is 22.1. The number of hydrogen-bond donors (Lipinski definition) is 0. The number of pyridine rings is 3. The number of rotatable bonds is 5. The van der Waals surface area contributed by atoms with Crippen molar-refractivity contribution in [2.24, 2.45) is 27.1 Å². The standard InChI is InChI=1S/C19H26N.C17H22N.C16H20N/c1-13(2)9-17-11-19(20(6)12-16(17)5)18-8-7-14(3)10-15(18)4;1-11-7-13(3)15(5)16(8-11)17-9-12(2)14(4)10-18(17)6;1-11-6-7-16(17(5)10-11)15-9-12(2)8-13(3)14(15)4/h7-8,10-13H,9H2,1-6H3;7-10H,1-6H3;6-10H,1-5H3/q3*+1/i3D3,5D3,9D2;;. The minimum atomic E-state index is -2.45. The smallest absolute Gasteiger partial charge is 0.201 e. The van der Waals surface area contributed by atoms with Gasteiger partial charge >= 0.3 is 0 Å². The maximum Gasteiger partial charge on any atom is 0.212 e. The third-order valence-corrected chi connectivity index (χ3v) is 10.4. The lowest BCUT2D eigenvalue weighted by atomic mass is 9.96. The van der Waals surface area contributed by atoms with E-state index in [9.17, 15) is 0 Å². The van der Waals surface area contributed by atoms with Crippen LogP contribution in [0.3, 0.4) is 0 Å². The van der Waals surface area contributed by atoms with E-state index in [1.807, 2.05) is 0 Å². The average Bonchev–Trinajstić information content (AvgIpc) is 3.16. The Labute approximate surface area is 345 Å². The highest BCUT2D eigenvalue weighted by molar-refractivity contribution is 5.66. The van der Waals surface area contributed by atoms with Gasteiger partial charge in [0.15, 0.2) is 18.6 Å². The van der Waals surface area contributed by atoms with Gasteiger partial charge in [-0.15, -0.1) is 0 Å². The van der Waals surface area contributed by atoms with Crippen LogP contribution in [0.4, 0.5) is 0 Å². The van der Waals surface area contributed by atoms with Crippen LogP contribution in [0.1, 0.15) is 97.1 Å². The second-order valence-corrected chi connectivity index (χ2v) is 15.8. The molecule has 0 atom stereocenters. The predicted molar refractivity (Wildman–Crippen MR) is 235 cm³/mol. The molecule has 0 fully saturated rings.